The number of carbonyl (C=O) groups excluding carboxylic acids is 1. The SMILES string of the molecule is Cc1ccc2c(c1)cc(C(=O)N[C@@H]1COC[C@H]1Cc1ccncc1)n2C. The van der Waals surface area contributed by atoms with Crippen molar-refractivity contribution in [3.05, 3.63) is 65.6 Å². The number of hydrogen-bond donors (Lipinski definition) is 1. The van der Waals surface area contributed by atoms with Crippen LogP contribution in [0.25, 0.3) is 10.9 Å². The maximum Gasteiger partial charge on any atom is 0.268 e. The third-order valence-corrected chi connectivity index (χ3v) is 5.19. The number of amides is 1. The van der Waals surface area contributed by atoms with Gasteiger partial charge in [0.1, 0.15) is 5.69 Å². The van der Waals surface area contributed by atoms with Crippen molar-refractivity contribution in [2.24, 2.45) is 13.0 Å². The lowest BCUT2D eigenvalue weighted by Gasteiger charge is -2.19. The molecule has 4 rings (SSSR count). The third-order valence-electron chi connectivity index (χ3n) is 5.19. The van der Waals surface area contributed by atoms with Gasteiger partial charge in [-0.25, -0.2) is 0 Å². The minimum Gasteiger partial charge on any atom is -0.379 e. The summed E-state index contributed by atoms with van der Waals surface area (Å²) >= 11 is 0. The van der Waals surface area contributed by atoms with E-state index in [9.17, 15) is 4.79 Å². The first-order valence-electron chi connectivity index (χ1n) is 8.95. The number of fused-ring (bicyclic) bond motifs is 1. The fraction of sp³-hybridized carbons (Fsp3) is 0.333. The summed E-state index contributed by atoms with van der Waals surface area (Å²) in [4.78, 5) is 16.9. The quantitative estimate of drug-likeness (QED) is 0.788. The third kappa shape index (κ3) is 3.22. The topological polar surface area (TPSA) is 56.1 Å². The number of carbonyl (C=O) groups is 1. The Balaban J connectivity index is 1.51. The largest absolute Gasteiger partial charge is 0.379 e. The Hall–Kier alpha value is -2.66. The molecule has 5 heteroatoms. The average Bonchev–Trinajstić information content (AvgIpc) is 3.20. The second-order valence-electron chi connectivity index (χ2n) is 7.09. The Labute approximate surface area is 153 Å². The van der Waals surface area contributed by atoms with Gasteiger partial charge in [0.05, 0.1) is 19.3 Å². The summed E-state index contributed by atoms with van der Waals surface area (Å²) in [5.74, 6) is 0.231. The van der Waals surface area contributed by atoms with E-state index in [1.54, 1.807) is 12.4 Å². The molecule has 0 radical (unpaired) electrons. The molecule has 1 aliphatic rings. The zero-order valence-electron chi connectivity index (χ0n) is 15.1. The summed E-state index contributed by atoms with van der Waals surface area (Å²) in [5, 5.41) is 4.27. The van der Waals surface area contributed by atoms with Gasteiger partial charge in [-0.05, 0) is 49.2 Å². The van der Waals surface area contributed by atoms with Crippen LogP contribution in [0.5, 0.6) is 0 Å². The van der Waals surface area contributed by atoms with E-state index >= 15 is 0 Å². The van der Waals surface area contributed by atoms with Gasteiger partial charge in [-0.3, -0.25) is 9.78 Å². The highest BCUT2D eigenvalue weighted by Gasteiger charge is 2.30. The van der Waals surface area contributed by atoms with Gasteiger partial charge in [-0.15, -0.1) is 0 Å². The first kappa shape index (κ1) is 16.8. The maximum atomic E-state index is 12.9. The Morgan fingerprint density at radius 2 is 2.04 bits per heavy atom. The van der Waals surface area contributed by atoms with Crippen LogP contribution in [0.3, 0.4) is 0 Å². The zero-order valence-corrected chi connectivity index (χ0v) is 15.1. The minimum atomic E-state index is -0.0448. The van der Waals surface area contributed by atoms with Gasteiger partial charge in [-0.1, -0.05) is 11.6 Å². The van der Waals surface area contributed by atoms with Crippen LogP contribution in [0, 0.1) is 12.8 Å². The van der Waals surface area contributed by atoms with E-state index in [-0.39, 0.29) is 17.9 Å². The molecular formula is C21H23N3O2. The van der Waals surface area contributed by atoms with Crippen LogP contribution in [0.1, 0.15) is 21.6 Å². The number of nitrogens with one attached hydrogen (secondary N) is 1. The zero-order chi connectivity index (χ0) is 18.1. The molecule has 2 aromatic heterocycles. The van der Waals surface area contributed by atoms with E-state index in [0.717, 1.165) is 17.3 Å². The summed E-state index contributed by atoms with van der Waals surface area (Å²) in [6.07, 6.45) is 4.48. The summed E-state index contributed by atoms with van der Waals surface area (Å²) in [6.45, 7) is 3.29. The molecule has 1 fully saturated rings. The van der Waals surface area contributed by atoms with Crippen LogP contribution < -0.4 is 5.32 Å². The number of benzene rings is 1. The average molecular weight is 349 g/mol. The van der Waals surface area contributed by atoms with Crippen LogP contribution in [-0.2, 0) is 18.2 Å². The predicted molar refractivity (Wildman–Crippen MR) is 101 cm³/mol. The molecule has 0 bridgehead atoms. The molecule has 1 aliphatic heterocycles. The van der Waals surface area contributed by atoms with Crippen molar-refractivity contribution in [3.63, 3.8) is 0 Å². The molecule has 3 aromatic rings. The normalized spacial score (nSPS) is 19.8. The van der Waals surface area contributed by atoms with Crippen molar-refractivity contribution >= 4 is 16.8 Å². The highest BCUT2D eigenvalue weighted by Crippen LogP contribution is 2.22. The molecule has 0 saturated carbocycles. The first-order chi connectivity index (χ1) is 12.6. The van der Waals surface area contributed by atoms with Crippen LogP contribution in [-0.4, -0.2) is 34.7 Å². The van der Waals surface area contributed by atoms with Gasteiger partial charge in [-0.2, -0.15) is 0 Å². The van der Waals surface area contributed by atoms with Gasteiger partial charge in [0.25, 0.3) is 5.91 Å². The molecular weight excluding hydrogens is 326 g/mol. The lowest BCUT2D eigenvalue weighted by molar-refractivity contribution is 0.0917. The number of pyridine rings is 1. The summed E-state index contributed by atoms with van der Waals surface area (Å²) in [7, 11) is 1.94. The Kier molecular flexibility index (Phi) is 4.47. The van der Waals surface area contributed by atoms with Gasteiger partial charge >= 0.3 is 0 Å². The highest BCUT2D eigenvalue weighted by atomic mass is 16.5. The molecule has 1 saturated heterocycles. The van der Waals surface area contributed by atoms with E-state index in [0.29, 0.717) is 18.9 Å². The molecule has 134 valence electrons. The molecule has 2 atom stereocenters. The highest BCUT2D eigenvalue weighted by molar-refractivity contribution is 5.99. The molecule has 5 nitrogen and oxygen atoms in total. The Morgan fingerprint density at radius 1 is 1.23 bits per heavy atom. The van der Waals surface area contributed by atoms with Gasteiger partial charge in [0.2, 0.25) is 0 Å². The molecule has 26 heavy (non-hydrogen) atoms. The fourth-order valence-electron chi connectivity index (χ4n) is 3.71. The van der Waals surface area contributed by atoms with Crippen molar-refractivity contribution in [1.29, 1.82) is 0 Å². The van der Waals surface area contributed by atoms with Crippen LogP contribution in [0.15, 0.2) is 48.8 Å². The van der Waals surface area contributed by atoms with Crippen molar-refractivity contribution in [3.8, 4) is 0 Å². The first-order valence-corrected chi connectivity index (χ1v) is 8.95. The maximum absolute atomic E-state index is 12.9. The minimum absolute atomic E-state index is 0.0235. The van der Waals surface area contributed by atoms with Crippen LogP contribution in [0.4, 0.5) is 0 Å². The number of rotatable bonds is 4. The van der Waals surface area contributed by atoms with Crippen LogP contribution in [0.2, 0.25) is 0 Å². The molecule has 1 aromatic carbocycles. The van der Waals surface area contributed by atoms with E-state index in [2.05, 4.69) is 35.4 Å². The number of nitrogens with zero attached hydrogens (tertiary/aromatic N) is 2. The second kappa shape index (κ2) is 6.92. The smallest absolute Gasteiger partial charge is 0.268 e. The summed E-state index contributed by atoms with van der Waals surface area (Å²) in [6, 6.07) is 12.3. The van der Waals surface area contributed by atoms with Gasteiger partial charge in [0.15, 0.2) is 0 Å². The Morgan fingerprint density at radius 3 is 2.85 bits per heavy atom. The van der Waals surface area contributed by atoms with E-state index in [4.69, 9.17) is 4.74 Å². The molecule has 1 amide bonds. The number of aryl methyl sites for hydroxylation is 2. The standard InChI is InChI=1S/C21H23N3O2/c1-14-3-4-19-16(9-14)11-20(24(19)2)21(25)23-18-13-26-12-17(18)10-15-5-7-22-8-6-15/h3-9,11,17-18H,10,12-13H2,1-2H3,(H,23,25)/t17-,18-/m1/s1. The van der Waals surface area contributed by atoms with Gasteiger partial charge in [0, 0.05) is 36.3 Å². The molecule has 3 heterocycles. The molecule has 0 spiro atoms. The summed E-state index contributed by atoms with van der Waals surface area (Å²) < 4.78 is 7.60. The number of aromatic nitrogens is 2. The van der Waals surface area contributed by atoms with E-state index < -0.39 is 0 Å². The number of hydrogen-bond acceptors (Lipinski definition) is 3. The monoisotopic (exact) mass is 349 g/mol. The molecule has 0 aliphatic carbocycles. The van der Waals surface area contributed by atoms with Gasteiger partial charge < -0.3 is 14.6 Å². The van der Waals surface area contributed by atoms with Crippen molar-refractivity contribution in [1.82, 2.24) is 14.9 Å². The Bertz CT molecular complexity index is 933. The van der Waals surface area contributed by atoms with Crippen molar-refractivity contribution in [2.45, 2.75) is 19.4 Å². The van der Waals surface area contributed by atoms with E-state index in [1.165, 1.54) is 11.1 Å². The second-order valence-corrected chi connectivity index (χ2v) is 7.09. The fourth-order valence-corrected chi connectivity index (χ4v) is 3.71. The van der Waals surface area contributed by atoms with Crippen LogP contribution >= 0.6 is 0 Å². The van der Waals surface area contributed by atoms with E-state index in [1.807, 2.05) is 29.8 Å². The predicted octanol–water partition coefficient (Wildman–Crippen LogP) is 2.87. The molecule has 0 unspecified atom stereocenters. The lowest BCUT2D eigenvalue weighted by atomic mass is 9.95. The van der Waals surface area contributed by atoms with Crippen molar-refractivity contribution < 1.29 is 9.53 Å². The molecule has 1 N–H and O–H groups in total. The van der Waals surface area contributed by atoms with Crippen molar-refractivity contribution in [2.75, 3.05) is 13.2 Å². The summed E-state index contributed by atoms with van der Waals surface area (Å²) in [5.41, 5.74) is 4.16. The number of ether oxygens (including phenoxy) is 1. The lowest BCUT2D eigenvalue weighted by Crippen LogP contribution is -2.41.